The normalized spacial score (nSPS) is 18.1. The Morgan fingerprint density at radius 2 is 1.66 bits per heavy atom. The Labute approximate surface area is 172 Å². The first kappa shape index (κ1) is 18.3. The Bertz CT molecular complexity index is 1080. The van der Waals surface area contributed by atoms with Crippen LogP contribution >= 0.6 is 11.3 Å². The molecule has 1 aromatic carbocycles. The highest BCUT2D eigenvalue weighted by molar-refractivity contribution is 7.17. The number of hydrogen-bond acceptors (Lipinski definition) is 4. The Morgan fingerprint density at radius 3 is 2.34 bits per heavy atom. The molecule has 1 N–H and O–H groups in total. The number of aliphatic hydroxyl groups is 1. The molecule has 7 heteroatoms. The van der Waals surface area contributed by atoms with Crippen molar-refractivity contribution in [3.8, 4) is 5.69 Å². The molecule has 3 aromatic rings. The lowest BCUT2D eigenvalue weighted by molar-refractivity contribution is -0.594. The summed E-state index contributed by atoms with van der Waals surface area (Å²) in [5, 5.41) is 13.3. The number of nitrogens with zero attached hydrogens (tertiary/aromatic N) is 3. The van der Waals surface area contributed by atoms with E-state index in [2.05, 4.69) is 28.3 Å². The standard InChI is InChI=1S/C22H22N3O3S/c26-20(23-10-12-24(13-11-23)21(27)22(28)7-8-22)16-1-3-18(4-2-16)25-9-5-19-17(15-25)6-14-29-19/h1-6,9,14-15,28H,7-8,10-13H2/q+1. The number of amides is 2. The van der Waals surface area contributed by atoms with Crippen LogP contribution in [0.2, 0.25) is 0 Å². The summed E-state index contributed by atoms with van der Waals surface area (Å²) in [7, 11) is 0. The maximum atomic E-state index is 12.8. The number of carbonyl (C=O) groups excluding carboxylic acids is 2. The van der Waals surface area contributed by atoms with Crippen molar-refractivity contribution in [2.24, 2.45) is 0 Å². The first-order valence-corrected chi connectivity index (χ1v) is 10.7. The average Bonchev–Trinajstić information content (AvgIpc) is 3.34. The van der Waals surface area contributed by atoms with Crippen LogP contribution in [0, 0.1) is 0 Å². The van der Waals surface area contributed by atoms with E-state index in [0.717, 1.165) is 5.69 Å². The minimum absolute atomic E-state index is 0.0212. The van der Waals surface area contributed by atoms with Gasteiger partial charge in [-0.15, -0.1) is 11.3 Å². The summed E-state index contributed by atoms with van der Waals surface area (Å²) in [5.74, 6) is -0.208. The van der Waals surface area contributed by atoms with Crippen molar-refractivity contribution < 1.29 is 19.3 Å². The molecule has 2 fully saturated rings. The van der Waals surface area contributed by atoms with E-state index in [1.54, 1.807) is 21.1 Å². The van der Waals surface area contributed by atoms with Crippen molar-refractivity contribution in [1.29, 1.82) is 0 Å². The highest BCUT2D eigenvalue weighted by Gasteiger charge is 2.50. The second kappa shape index (κ2) is 6.93. The number of pyridine rings is 1. The third-order valence-corrected chi connectivity index (χ3v) is 6.68. The number of rotatable bonds is 3. The van der Waals surface area contributed by atoms with Gasteiger partial charge in [-0.25, -0.2) is 0 Å². The molecule has 0 unspecified atom stereocenters. The molecule has 6 nitrogen and oxygen atoms in total. The van der Waals surface area contributed by atoms with Gasteiger partial charge >= 0.3 is 0 Å². The maximum absolute atomic E-state index is 12.8. The predicted molar refractivity (Wildman–Crippen MR) is 110 cm³/mol. The van der Waals surface area contributed by atoms with E-state index in [4.69, 9.17) is 0 Å². The molecule has 3 heterocycles. The Morgan fingerprint density at radius 1 is 0.966 bits per heavy atom. The lowest BCUT2D eigenvalue weighted by Crippen LogP contribution is -2.53. The molecule has 2 aliphatic rings. The quantitative estimate of drug-likeness (QED) is 0.674. The van der Waals surface area contributed by atoms with Gasteiger partial charge in [-0.05, 0) is 36.4 Å². The van der Waals surface area contributed by atoms with Crippen molar-refractivity contribution in [3.05, 3.63) is 59.7 Å². The van der Waals surface area contributed by atoms with Crippen LogP contribution in [0.4, 0.5) is 0 Å². The van der Waals surface area contributed by atoms with Gasteiger partial charge in [0.2, 0.25) is 5.69 Å². The van der Waals surface area contributed by atoms with Gasteiger partial charge in [0.15, 0.2) is 12.4 Å². The summed E-state index contributed by atoms with van der Waals surface area (Å²) in [6, 6.07) is 11.8. The number of benzene rings is 1. The zero-order valence-electron chi connectivity index (χ0n) is 16.0. The monoisotopic (exact) mass is 408 g/mol. The molecular formula is C22H22N3O3S+. The summed E-state index contributed by atoms with van der Waals surface area (Å²) in [6.07, 6.45) is 5.22. The van der Waals surface area contributed by atoms with Gasteiger partial charge in [-0.3, -0.25) is 9.59 Å². The van der Waals surface area contributed by atoms with Crippen molar-refractivity contribution >= 4 is 33.2 Å². The van der Waals surface area contributed by atoms with E-state index in [1.807, 2.05) is 30.5 Å². The van der Waals surface area contributed by atoms with Gasteiger partial charge in [0.25, 0.3) is 11.8 Å². The van der Waals surface area contributed by atoms with E-state index in [-0.39, 0.29) is 11.8 Å². The number of carbonyl (C=O) groups is 2. The molecule has 1 saturated heterocycles. The van der Waals surface area contributed by atoms with Crippen LogP contribution in [-0.4, -0.2) is 58.5 Å². The van der Waals surface area contributed by atoms with E-state index in [1.165, 1.54) is 10.1 Å². The fraction of sp³-hybridized carbons (Fsp3) is 0.318. The first-order chi connectivity index (χ1) is 14.0. The zero-order chi connectivity index (χ0) is 20.0. The molecule has 2 aromatic heterocycles. The van der Waals surface area contributed by atoms with Gasteiger partial charge in [0.1, 0.15) is 5.60 Å². The smallest absolute Gasteiger partial charge is 0.254 e. The summed E-state index contributed by atoms with van der Waals surface area (Å²) in [4.78, 5) is 28.5. The summed E-state index contributed by atoms with van der Waals surface area (Å²) in [6.45, 7) is 1.93. The Balaban J connectivity index is 1.25. The van der Waals surface area contributed by atoms with Crippen LogP contribution in [0.5, 0.6) is 0 Å². The molecule has 148 valence electrons. The van der Waals surface area contributed by atoms with Crippen LogP contribution in [0.15, 0.2) is 54.2 Å². The highest BCUT2D eigenvalue weighted by atomic mass is 32.1. The third kappa shape index (κ3) is 3.41. The molecule has 1 aliphatic carbocycles. The molecular weight excluding hydrogens is 386 g/mol. The fourth-order valence-corrected chi connectivity index (χ4v) is 4.53. The van der Waals surface area contributed by atoms with Crippen LogP contribution in [0.25, 0.3) is 15.8 Å². The van der Waals surface area contributed by atoms with Gasteiger partial charge in [-0.2, -0.15) is 4.57 Å². The Hall–Kier alpha value is -2.77. The number of fused-ring (bicyclic) bond motifs is 1. The van der Waals surface area contributed by atoms with Crippen molar-refractivity contribution in [2.75, 3.05) is 26.2 Å². The summed E-state index contributed by atoms with van der Waals surface area (Å²) < 4.78 is 3.30. The molecule has 1 saturated carbocycles. The number of piperazine rings is 1. The molecule has 0 spiro atoms. The second-order valence-corrected chi connectivity index (χ2v) is 8.70. The molecule has 2 amide bonds. The third-order valence-electron chi connectivity index (χ3n) is 5.78. The van der Waals surface area contributed by atoms with Crippen LogP contribution in [0.1, 0.15) is 23.2 Å². The van der Waals surface area contributed by atoms with Gasteiger partial charge < -0.3 is 14.9 Å². The van der Waals surface area contributed by atoms with Crippen molar-refractivity contribution in [2.45, 2.75) is 18.4 Å². The van der Waals surface area contributed by atoms with Crippen LogP contribution < -0.4 is 4.57 Å². The van der Waals surface area contributed by atoms with Gasteiger partial charge in [0, 0.05) is 54.6 Å². The van der Waals surface area contributed by atoms with Gasteiger partial charge in [0.05, 0.1) is 5.39 Å². The predicted octanol–water partition coefficient (Wildman–Crippen LogP) is 1.99. The number of thiophene rings is 1. The number of hydrogen-bond donors (Lipinski definition) is 1. The lowest BCUT2D eigenvalue weighted by Gasteiger charge is -2.35. The molecule has 29 heavy (non-hydrogen) atoms. The largest absolute Gasteiger partial charge is 0.380 e. The average molecular weight is 409 g/mol. The van der Waals surface area contributed by atoms with E-state index in [9.17, 15) is 14.7 Å². The first-order valence-electron chi connectivity index (χ1n) is 9.83. The van der Waals surface area contributed by atoms with E-state index >= 15 is 0 Å². The van der Waals surface area contributed by atoms with E-state index < -0.39 is 5.60 Å². The minimum Gasteiger partial charge on any atom is -0.380 e. The topological polar surface area (TPSA) is 64.7 Å². The molecule has 0 bridgehead atoms. The fourth-order valence-electron chi connectivity index (χ4n) is 3.77. The minimum atomic E-state index is -1.13. The Kier molecular flexibility index (Phi) is 4.37. The molecule has 5 rings (SSSR count). The highest BCUT2D eigenvalue weighted by Crippen LogP contribution is 2.37. The molecule has 0 atom stereocenters. The second-order valence-electron chi connectivity index (χ2n) is 7.76. The van der Waals surface area contributed by atoms with E-state index in [0.29, 0.717) is 44.6 Å². The summed E-state index contributed by atoms with van der Waals surface area (Å²) in [5.41, 5.74) is 0.514. The van der Waals surface area contributed by atoms with Crippen LogP contribution in [0.3, 0.4) is 0 Å². The van der Waals surface area contributed by atoms with Gasteiger partial charge in [-0.1, -0.05) is 0 Å². The van der Waals surface area contributed by atoms with Crippen molar-refractivity contribution in [3.63, 3.8) is 0 Å². The number of aromatic nitrogens is 1. The molecule has 0 radical (unpaired) electrons. The zero-order valence-corrected chi connectivity index (χ0v) is 16.8. The van der Waals surface area contributed by atoms with Crippen molar-refractivity contribution in [1.82, 2.24) is 9.80 Å². The maximum Gasteiger partial charge on any atom is 0.254 e. The summed E-state index contributed by atoms with van der Waals surface area (Å²) >= 11 is 1.72. The van der Waals surface area contributed by atoms with Crippen LogP contribution in [-0.2, 0) is 4.79 Å². The SMILES string of the molecule is O=C(c1ccc(-[n+]2ccc3sccc3c2)cc1)N1CCN(C(=O)C2(O)CC2)CC1. The molecule has 1 aliphatic heterocycles. The lowest BCUT2D eigenvalue weighted by atomic mass is 10.1.